The van der Waals surface area contributed by atoms with Crippen LogP contribution in [0.25, 0.3) is 0 Å². The molecule has 0 aliphatic rings. The second kappa shape index (κ2) is 12.4. The molecule has 0 saturated carbocycles. The fraction of sp³-hybridized carbons (Fsp3) is 0. The molecule has 0 atom stereocenters. The van der Waals surface area contributed by atoms with E-state index in [0.717, 1.165) is 0 Å². The zero-order valence-electron chi connectivity index (χ0n) is 12.4. The Morgan fingerprint density at radius 2 is 0.840 bits per heavy atom. The van der Waals surface area contributed by atoms with Crippen LogP contribution in [0.15, 0.2) is 52.5 Å². The van der Waals surface area contributed by atoms with Crippen LogP contribution in [0, 0.1) is 0 Å². The first-order valence-corrected chi connectivity index (χ1v) is 8.80. The normalized spacial score (nSPS) is 8.64. The summed E-state index contributed by atoms with van der Waals surface area (Å²) in [6.07, 6.45) is 0. The Morgan fingerprint density at radius 3 is 0.920 bits per heavy atom. The molecule has 25 heavy (non-hydrogen) atoms. The molecular formula is C15H9AlO6S3. The summed E-state index contributed by atoms with van der Waals surface area (Å²) in [7, 11) is 0. The monoisotopic (exact) mass is 408 g/mol. The van der Waals surface area contributed by atoms with E-state index in [1.807, 2.05) is 0 Å². The standard InChI is InChI=1S/3C5H4O2S.Al/c3*6-5(7)4-2-1-3-8-4;/h3*1-3H,(H,6,7);/q;;;+3/p-3. The van der Waals surface area contributed by atoms with E-state index in [0.29, 0.717) is 0 Å². The molecule has 126 valence electrons. The molecule has 0 N–H and O–H groups in total. The van der Waals surface area contributed by atoms with Gasteiger partial charge in [0.1, 0.15) is 0 Å². The van der Waals surface area contributed by atoms with E-state index in [9.17, 15) is 29.7 Å². The fourth-order valence-corrected chi connectivity index (χ4v) is 2.86. The van der Waals surface area contributed by atoms with E-state index in [1.54, 1.807) is 34.3 Å². The Kier molecular flexibility index (Phi) is 11.4. The predicted molar refractivity (Wildman–Crippen MR) is 91.7 cm³/mol. The summed E-state index contributed by atoms with van der Waals surface area (Å²) in [5.41, 5.74) is 0. The van der Waals surface area contributed by atoms with Crippen molar-refractivity contribution in [1.29, 1.82) is 0 Å². The number of thiophene rings is 3. The number of carbonyl (C=O) groups is 3. The average molecular weight is 408 g/mol. The molecule has 0 bridgehead atoms. The molecule has 0 amide bonds. The van der Waals surface area contributed by atoms with Crippen molar-refractivity contribution in [3.8, 4) is 0 Å². The van der Waals surface area contributed by atoms with Gasteiger partial charge in [0.2, 0.25) is 0 Å². The SMILES string of the molecule is O=C([O-])c1cccs1.O=C([O-])c1cccs1.O=C([O-])c1cccs1.[Al+3]. The van der Waals surface area contributed by atoms with Gasteiger partial charge < -0.3 is 29.7 Å². The van der Waals surface area contributed by atoms with Gasteiger partial charge in [-0.25, -0.2) is 0 Å². The first-order valence-electron chi connectivity index (χ1n) is 6.16. The third-order valence-electron chi connectivity index (χ3n) is 2.17. The van der Waals surface area contributed by atoms with Gasteiger partial charge in [-0.3, -0.25) is 0 Å². The number of aromatic carboxylic acids is 3. The molecule has 3 aromatic heterocycles. The summed E-state index contributed by atoms with van der Waals surface area (Å²) in [6, 6.07) is 9.57. The van der Waals surface area contributed by atoms with Crippen LogP contribution >= 0.6 is 34.0 Å². The van der Waals surface area contributed by atoms with Crippen molar-refractivity contribution in [2.24, 2.45) is 0 Å². The van der Waals surface area contributed by atoms with Gasteiger partial charge in [-0.1, -0.05) is 18.2 Å². The Labute approximate surface area is 165 Å². The summed E-state index contributed by atoms with van der Waals surface area (Å²) >= 11 is 3.51. The molecule has 0 fully saturated rings. The van der Waals surface area contributed by atoms with Crippen LogP contribution in [0.5, 0.6) is 0 Å². The number of rotatable bonds is 3. The van der Waals surface area contributed by atoms with Crippen molar-refractivity contribution in [2.45, 2.75) is 0 Å². The fourth-order valence-electron chi connectivity index (χ4n) is 1.18. The predicted octanol–water partition coefficient (Wildman–Crippen LogP) is -0.0460. The molecule has 3 rings (SSSR count). The quantitative estimate of drug-likeness (QED) is 0.561. The van der Waals surface area contributed by atoms with Crippen molar-refractivity contribution in [3.05, 3.63) is 67.2 Å². The molecule has 3 aromatic rings. The van der Waals surface area contributed by atoms with Gasteiger partial charge in [-0.2, -0.15) is 0 Å². The Morgan fingerprint density at radius 1 is 0.600 bits per heavy atom. The van der Waals surface area contributed by atoms with Gasteiger partial charge in [0.15, 0.2) is 0 Å². The van der Waals surface area contributed by atoms with E-state index >= 15 is 0 Å². The molecule has 10 heteroatoms. The topological polar surface area (TPSA) is 120 Å². The van der Waals surface area contributed by atoms with Crippen LogP contribution in [-0.4, -0.2) is 35.3 Å². The van der Waals surface area contributed by atoms with Crippen molar-refractivity contribution < 1.29 is 29.7 Å². The smallest absolute Gasteiger partial charge is 0.544 e. The average Bonchev–Trinajstić information content (AvgIpc) is 3.29. The van der Waals surface area contributed by atoms with E-state index < -0.39 is 17.9 Å². The molecule has 3 heterocycles. The third kappa shape index (κ3) is 9.19. The number of hydrogen-bond donors (Lipinski definition) is 0. The number of carboxylic acids is 3. The van der Waals surface area contributed by atoms with Gasteiger partial charge in [-0.15, -0.1) is 34.0 Å². The van der Waals surface area contributed by atoms with Crippen molar-refractivity contribution in [2.75, 3.05) is 0 Å². The molecule has 0 unspecified atom stereocenters. The Bertz CT molecular complexity index is 646. The van der Waals surface area contributed by atoms with Gasteiger partial charge in [0, 0.05) is 14.6 Å². The van der Waals surface area contributed by atoms with Crippen molar-refractivity contribution in [1.82, 2.24) is 0 Å². The van der Waals surface area contributed by atoms with Crippen LogP contribution in [0.2, 0.25) is 0 Å². The summed E-state index contributed by atoms with van der Waals surface area (Å²) in [6.45, 7) is 0. The second-order valence-corrected chi connectivity index (χ2v) is 6.64. The maximum Gasteiger partial charge on any atom is 3.00 e. The van der Waals surface area contributed by atoms with Crippen molar-refractivity contribution >= 4 is 69.3 Å². The molecule has 0 radical (unpaired) electrons. The van der Waals surface area contributed by atoms with E-state index in [-0.39, 0.29) is 32.0 Å². The minimum atomic E-state index is -1.10. The summed E-state index contributed by atoms with van der Waals surface area (Å²) < 4.78 is 0. The maximum absolute atomic E-state index is 9.96. The summed E-state index contributed by atoms with van der Waals surface area (Å²) in [5, 5.41) is 35.0. The Hall–Kier alpha value is -1.96. The maximum atomic E-state index is 9.96. The van der Waals surface area contributed by atoms with E-state index in [1.165, 1.54) is 52.2 Å². The number of hydrogen-bond acceptors (Lipinski definition) is 9. The minimum Gasteiger partial charge on any atom is -0.544 e. The van der Waals surface area contributed by atoms with Gasteiger partial charge in [0.05, 0.1) is 17.9 Å². The van der Waals surface area contributed by atoms with E-state index in [4.69, 9.17) is 0 Å². The molecule has 6 nitrogen and oxygen atoms in total. The second-order valence-electron chi connectivity index (χ2n) is 3.79. The zero-order valence-corrected chi connectivity index (χ0v) is 16.1. The first-order chi connectivity index (χ1) is 11.4. The van der Waals surface area contributed by atoms with Crippen LogP contribution in [-0.2, 0) is 0 Å². The zero-order chi connectivity index (χ0) is 17.9. The third-order valence-corrected chi connectivity index (χ3v) is 4.72. The molecule has 0 spiro atoms. The van der Waals surface area contributed by atoms with E-state index in [2.05, 4.69) is 0 Å². The molecule has 0 aromatic carbocycles. The number of carbonyl (C=O) groups excluding carboxylic acids is 3. The first kappa shape index (κ1) is 23.0. The minimum absolute atomic E-state index is 0. The summed E-state index contributed by atoms with van der Waals surface area (Å²) in [5.74, 6) is -3.29. The molecule has 0 aliphatic heterocycles. The molecule has 0 saturated heterocycles. The molecular weight excluding hydrogens is 399 g/mol. The largest absolute Gasteiger partial charge is 3.00 e. The molecule has 0 aliphatic carbocycles. The van der Waals surface area contributed by atoms with Crippen LogP contribution in [0.3, 0.4) is 0 Å². The van der Waals surface area contributed by atoms with Gasteiger partial charge >= 0.3 is 17.4 Å². The van der Waals surface area contributed by atoms with Crippen LogP contribution in [0.4, 0.5) is 0 Å². The van der Waals surface area contributed by atoms with Gasteiger partial charge in [0.25, 0.3) is 0 Å². The van der Waals surface area contributed by atoms with Crippen LogP contribution in [0.1, 0.15) is 29.0 Å². The van der Waals surface area contributed by atoms with Crippen LogP contribution < -0.4 is 15.3 Å². The Balaban J connectivity index is 0.000000339. The summed E-state index contributed by atoms with van der Waals surface area (Å²) in [4.78, 5) is 30.7. The number of carboxylic acid groups (broad SMARTS) is 3. The van der Waals surface area contributed by atoms with Crippen molar-refractivity contribution in [3.63, 3.8) is 0 Å². The van der Waals surface area contributed by atoms with Gasteiger partial charge in [-0.05, 0) is 34.3 Å².